The summed E-state index contributed by atoms with van der Waals surface area (Å²) in [6.45, 7) is -0.0161. The summed E-state index contributed by atoms with van der Waals surface area (Å²) in [4.78, 5) is 3.94. The van der Waals surface area contributed by atoms with Gasteiger partial charge in [-0.2, -0.15) is 0 Å². The van der Waals surface area contributed by atoms with Gasteiger partial charge < -0.3 is 10.2 Å². The summed E-state index contributed by atoms with van der Waals surface area (Å²) in [5.41, 5.74) is 0.613. The van der Waals surface area contributed by atoms with Crippen molar-refractivity contribution in [1.82, 2.24) is 4.98 Å². The lowest BCUT2D eigenvalue weighted by Crippen LogP contribution is -2.01. The second-order valence-corrected chi connectivity index (χ2v) is 2.28. The van der Waals surface area contributed by atoms with Crippen molar-refractivity contribution in [2.24, 2.45) is 0 Å². The highest BCUT2D eigenvalue weighted by Gasteiger charge is 2.05. The smallest absolute Gasteiger partial charge is 0.0981 e. The molecule has 1 aromatic heterocycles. The van der Waals surface area contributed by atoms with Gasteiger partial charge in [0.2, 0.25) is 0 Å². The van der Waals surface area contributed by atoms with Crippen LogP contribution in [-0.4, -0.2) is 21.8 Å². The average Bonchev–Trinajstić information content (AvgIpc) is 2.07. The van der Waals surface area contributed by atoms with Gasteiger partial charge in [-0.15, -0.1) is 0 Å². The molecule has 11 heavy (non-hydrogen) atoms. The molecule has 3 nitrogen and oxygen atoms in total. The summed E-state index contributed by atoms with van der Waals surface area (Å²) in [6, 6.07) is 5.33. The number of rotatable bonds is 3. The molecule has 1 heterocycles. The molecule has 0 saturated carbocycles. The quantitative estimate of drug-likeness (QED) is 0.664. The molecule has 0 saturated heterocycles. The highest BCUT2D eigenvalue weighted by molar-refractivity contribution is 5.06. The molecule has 0 bridgehead atoms. The van der Waals surface area contributed by atoms with Crippen LogP contribution in [-0.2, 0) is 0 Å². The van der Waals surface area contributed by atoms with E-state index in [9.17, 15) is 5.11 Å². The summed E-state index contributed by atoms with van der Waals surface area (Å²) >= 11 is 0. The third-order valence-electron chi connectivity index (χ3n) is 1.43. The Hall–Kier alpha value is -0.930. The van der Waals surface area contributed by atoms with Crippen LogP contribution in [0.25, 0.3) is 0 Å². The molecular weight excluding hydrogens is 142 g/mol. The first-order chi connectivity index (χ1) is 5.34. The zero-order valence-corrected chi connectivity index (χ0v) is 6.14. The number of aromatic nitrogens is 1. The van der Waals surface area contributed by atoms with Crippen LogP contribution in [0.3, 0.4) is 0 Å². The van der Waals surface area contributed by atoms with E-state index in [0.717, 1.165) is 0 Å². The highest BCUT2D eigenvalue weighted by Crippen LogP contribution is 2.11. The molecule has 0 amide bonds. The first-order valence-electron chi connectivity index (χ1n) is 3.54. The van der Waals surface area contributed by atoms with E-state index in [1.807, 2.05) is 6.07 Å². The fourth-order valence-corrected chi connectivity index (χ4v) is 0.843. The van der Waals surface area contributed by atoms with Gasteiger partial charge in [-0.25, -0.2) is 0 Å². The Labute approximate surface area is 65.3 Å². The molecule has 0 aliphatic heterocycles. The Kier molecular flexibility index (Phi) is 3.01. The van der Waals surface area contributed by atoms with E-state index in [0.29, 0.717) is 12.1 Å². The fourth-order valence-electron chi connectivity index (χ4n) is 0.843. The van der Waals surface area contributed by atoms with Crippen molar-refractivity contribution in [2.45, 2.75) is 12.5 Å². The van der Waals surface area contributed by atoms with E-state index >= 15 is 0 Å². The minimum Gasteiger partial charge on any atom is -0.396 e. The fraction of sp³-hybridized carbons (Fsp3) is 0.375. The SMILES string of the molecule is OCC[C@H](O)c1ccccn1. The van der Waals surface area contributed by atoms with Crippen LogP contribution in [0.15, 0.2) is 24.4 Å². The van der Waals surface area contributed by atoms with Gasteiger partial charge in [-0.1, -0.05) is 6.07 Å². The van der Waals surface area contributed by atoms with Crippen LogP contribution >= 0.6 is 0 Å². The van der Waals surface area contributed by atoms with Gasteiger partial charge in [0.15, 0.2) is 0 Å². The van der Waals surface area contributed by atoms with Crippen molar-refractivity contribution in [3.63, 3.8) is 0 Å². The molecule has 60 valence electrons. The first-order valence-corrected chi connectivity index (χ1v) is 3.54. The van der Waals surface area contributed by atoms with E-state index in [2.05, 4.69) is 4.98 Å². The zero-order valence-electron chi connectivity index (χ0n) is 6.14. The Morgan fingerprint density at radius 2 is 2.27 bits per heavy atom. The Balaban J connectivity index is 2.61. The summed E-state index contributed by atoms with van der Waals surface area (Å²) in [7, 11) is 0. The summed E-state index contributed by atoms with van der Waals surface area (Å²) in [6.07, 6.45) is 1.33. The van der Waals surface area contributed by atoms with Crippen LogP contribution in [0, 0.1) is 0 Å². The first kappa shape index (κ1) is 8.17. The van der Waals surface area contributed by atoms with Crippen LogP contribution in [0.2, 0.25) is 0 Å². The molecule has 1 rings (SSSR count). The van der Waals surface area contributed by atoms with Gasteiger partial charge >= 0.3 is 0 Å². The largest absolute Gasteiger partial charge is 0.396 e. The summed E-state index contributed by atoms with van der Waals surface area (Å²) < 4.78 is 0. The highest BCUT2D eigenvalue weighted by atomic mass is 16.3. The van der Waals surface area contributed by atoms with Crippen molar-refractivity contribution >= 4 is 0 Å². The third-order valence-corrected chi connectivity index (χ3v) is 1.43. The summed E-state index contributed by atoms with van der Waals surface area (Å²) in [5, 5.41) is 17.8. The van der Waals surface area contributed by atoms with E-state index in [-0.39, 0.29) is 6.61 Å². The zero-order chi connectivity index (χ0) is 8.10. The molecule has 0 aliphatic rings. The predicted molar refractivity (Wildman–Crippen MR) is 40.9 cm³/mol. The minimum atomic E-state index is -0.638. The molecule has 2 N–H and O–H groups in total. The van der Waals surface area contributed by atoms with Gasteiger partial charge in [0.1, 0.15) is 0 Å². The maximum Gasteiger partial charge on any atom is 0.0981 e. The molecule has 0 radical (unpaired) electrons. The number of aliphatic hydroxyl groups excluding tert-OH is 2. The topological polar surface area (TPSA) is 53.4 Å². The molecular formula is C8H11NO2. The van der Waals surface area contributed by atoms with Crippen molar-refractivity contribution < 1.29 is 10.2 Å². The van der Waals surface area contributed by atoms with Crippen molar-refractivity contribution in [3.05, 3.63) is 30.1 Å². The van der Waals surface area contributed by atoms with E-state index in [1.165, 1.54) is 0 Å². The van der Waals surface area contributed by atoms with Gasteiger partial charge in [-0.3, -0.25) is 4.98 Å². The lowest BCUT2D eigenvalue weighted by atomic mass is 10.2. The molecule has 3 heteroatoms. The predicted octanol–water partition coefficient (Wildman–Crippen LogP) is 0.497. The maximum atomic E-state index is 9.30. The molecule has 0 aromatic carbocycles. The van der Waals surface area contributed by atoms with Crippen LogP contribution in [0.4, 0.5) is 0 Å². The van der Waals surface area contributed by atoms with Gasteiger partial charge in [-0.05, 0) is 12.1 Å². The van der Waals surface area contributed by atoms with Gasteiger partial charge in [0.05, 0.1) is 11.8 Å². The monoisotopic (exact) mass is 153 g/mol. The Bertz CT molecular complexity index is 201. The molecule has 1 atom stereocenters. The minimum absolute atomic E-state index is 0.0161. The van der Waals surface area contributed by atoms with Crippen LogP contribution < -0.4 is 0 Å². The second kappa shape index (κ2) is 4.05. The van der Waals surface area contributed by atoms with Crippen molar-refractivity contribution in [1.29, 1.82) is 0 Å². The van der Waals surface area contributed by atoms with Crippen LogP contribution in [0.5, 0.6) is 0 Å². The molecule has 0 aliphatic carbocycles. The van der Waals surface area contributed by atoms with Gasteiger partial charge in [0, 0.05) is 19.2 Å². The van der Waals surface area contributed by atoms with E-state index in [1.54, 1.807) is 18.3 Å². The normalized spacial score (nSPS) is 12.9. The number of nitrogens with zero attached hydrogens (tertiary/aromatic N) is 1. The lowest BCUT2D eigenvalue weighted by molar-refractivity contribution is 0.130. The lowest BCUT2D eigenvalue weighted by Gasteiger charge is -2.06. The number of hydrogen-bond acceptors (Lipinski definition) is 3. The third kappa shape index (κ3) is 2.29. The Morgan fingerprint density at radius 1 is 1.45 bits per heavy atom. The molecule has 0 unspecified atom stereocenters. The second-order valence-electron chi connectivity index (χ2n) is 2.28. The Morgan fingerprint density at radius 3 is 2.82 bits per heavy atom. The number of aliphatic hydroxyl groups is 2. The van der Waals surface area contributed by atoms with E-state index in [4.69, 9.17) is 5.11 Å². The molecule has 0 spiro atoms. The summed E-state index contributed by atoms with van der Waals surface area (Å²) in [5.74, 6) is 0. The number of hydrogen-bond donors (Lipinski definition) is 2. The molecule has 1 aromatic rings. The van der Waals surface area contributed by atoms with Gasteiger partial charge in [0.25, 0.3) is 0 Å². The van der Waals surface area contributed by atoms with Crippen molar-refractivity contribution in [3.8, 4) is 0 Å². The average molecular weight is 153 g/mol. The maximum absolute atomic E-state index is 9.30. The van der Waals surface area contributed by atoms with E-state index < -0.39 is 6.10 Å². The van der Waals surface area contributed by atoms with Crippen LogP contribution in [0.1, 0.15) is 18.2 Å². The molecule has 0 fully saturated rings. The standard InChI is InChI=1S/C8H11NO2/c10-6-4-8(11)7-3-1-2-5-9-7/h1-3,5,8,10-11H,4,6H2/t8-/m0/s1. The number of pyridine rings is 1. The van der Waals surface area contributed by atoms with Crippen molar-refractivity contribution in [2.75, 3.05) is 6.61 Å².